The van der Waals surface area contributed by atoms with Crippen molar-refractivity contribution in [1.82, 2.24) is 9.36 Å². The molecule has 2 rings (SSSR count). The molecule has 1 fully saturated rings. The van der Waals surface area contributed by atoms with Gasteiger partial charge in [0.25, 0.3) is 0 Å². The molecule has 0 amide bonds. The molecule has 1 atom stereocenters. The van der Waals surface area contributed by atoms with Crippen LogP contribution in [0.25, 0.3) is 0 Å². The van der Waals surface area contributed by atoms with Crippen molar-refractivity contribution in [3.8, 4) is 0 Å². The lowest BCUT2D eigenvalue weighted by Crippen LogP contribution is -2.25. The quantitative estimate of drug-likeness (QED) is 0.864. The van der Waals surface area contributed by atoms with E-state index < -0.39 is 12.0 Å². The first kappa shape index (κ1) is 12.3. The molecular formula is C11H17N3O2S. The van der Waals surface area contributed by atoms with Gasteiger partial charge < -0.3 is 10.4 Å². The molecule has 17 heavy (non-hydrogen) atoms. The van der Waals surface area contributed by atoms with E-state index in [9.17, 15) is 4.79 Å². The van der Waals surface area contributed by atoms with Crippen molar-refractivity contribution in [2.75, 3.05) is 5.32 Å². The lowest BCUT2D eigenvalue weighted by molar-refractivity contribution is -0.137. The lowest BCUT2D eigenvalue weighted by Gasteiger charge is -2.18. The Bertz CT molecular complexity index is 388. The molecule has 0 radical (unpaired) electrons. The summed E-state index contributed by atoms with van der Waals surface area (Å²) in [5.74, 6) is 0.477. The molecule has 0 bridgehead atoms. The molecule has 0 spiro atoms. The first-order valence-corrected chi connectivity index (χ1v) is 6.77. The molecule has 0 saturated heterocycles. The molecule has 1 aromatic rings. The van der Waals surface area contributed by atoms with E-state index in [0.29, 0.717) is 11.0 Å². The zero-order chi connectivity index (χ0) is 12.3. The van der Waals surface area contributed by atoms with E-state index in [0.717, 1.165) is 18.7 Å². The van der Waals surface area contributed by atoms with Crippen LogP contribution >= 0.6 is 11.5 Å². The number of hydrogen-bond acceptors (Lipinski definition) is 5. The predicted molar refractivity (Wildman–Crippen MR) is 66.5 cm³/mol. The molecule has 0 aliphatic heterocycles. The fourth-order valence-electron chi connectivity index (χ4n) is 2.07. The van der Waals surface area contributed by atoms with Crippen LogP contribution < -0.4 is 5.32 Å². The molecule has 94 valence electrons. The van der Waals surface area contributed by atoms with E-state index in [1.807, 2.05) is 0 Å². The highest BCUT2D eigenvalue weighted by Gasteiger charge is 2.20. The first-order valence-electron chi connectivity index (χ1n) is 6.00. The number of nitrogens with zero attached hydrogens (tertiary/aromatic N) is 2. The molecule has 5 nitrogen and oxygen atoms in total. The first-order chi connectivity index (χ1) is 8.16. The van der Waals surface area contributed by atoms with Crippen molar-refractivity contribution in [2.45, 2.75) is 51.0 Å². The average Bonchev–Trinajstić information content (AvgIpc) is 2.78. The van der Waals surface area contributed by atoms with Crippen LogP contribution in [-0.4, -0.2) is 26.5 Å². The smallest absolute Gasteiger partial charge is 0.325 e. The molecule has 1 heterocycles. The number of rotatable bonds is 4. The maximum Gasteiger partial charge on any atom is 0.325 e. The summed E-state index contributed by atoms with van der Waals surface area (Å²) in [7, 11) is 0. The zero-order valence-electron chi connectivity index (χ0n) is 9.85. The van der Waals surface area contributed by atoms with Gasteiger partial charge in [-0.25, -0.2) is 4.98 Å². The van der Waals surface area contributed by atoms with Crippen LogP contribution in [0.5, 0.6) is 0 Å². The summed E-state index contributed by atoms with van der Waals surface area (Å²) < 4.78 is 4.33. The SMILES string of the molecule is C[C@@H](Nc1nc(C2CCCCC2)ns1)C(=O)O. The molecule has 0 aromatic carbocycles. The van der Waals surface area contributed by atoms with E-state index in [1.165, 1.54) is 30.8 Å². The summed E-state index contributed by atoms with van der Waals surface area (Å²) in [5.41, 5.74) is 0. The van der Waals surface area contributed by atoms with E-state index in [1.54, 1.807) is 6.92 Å². The number of nitrogens with one attached hydrogen (secondary N) is 1. The molecular weight excluding hydrogens is 238 g/mol. The van der Waals surface area contributed by atoms with Crippen molar-refractivity contribution in [1.29, 1.82) is 0 Å². The van der Waals surface area contributed by atoms with E-state index in [2.05, 4.69) is 14.7 Å². The van der Waals surface area contributed by atoms with Gasteiger partial charge in [-0.3, -0.25) is 4.79 Å². The highest BCUT2D eigenvalue weighted by atomic mass is 32.1. The van der Waals surface area contributed by atoms with Gasteiger partial charge in [0.05, 0.1) is 0 Å². The largest absolute Gasteiger partial charge is 0.480 e. The average molecular weight is 255 g/mol. The number of hydrogen-bond donors (Lipinski definition) is 2. The van der Waals surface area contributed by atoms with Crippen molar-refractivity contribution in [3.63, 3.8) is 0 Å². The summed E-state index contributed by atoms with van der Waals surface area (Å²) >= 11 is 1.25. The van der Waals surface area contributed by atoms with Crippen LogP contribution in [0.1, 0.15) is 50.8 Å². The third-order valence-electron chi connectivity index (χ3n) is 3.12. The van der Waals surface area contributed by atoms with Crippen LogP contribution in [0.15, 0.2) is 0 Å². The Morgan fingerprint density at radius 3 is 2.82 bits per heavy atom. The van der Waals surface area contributed by atoms with Crippen LogP contribution in [0.2, 0.25) is 0 Å². The molecule has 1 aliphatic carbocycles. The molecule has 0 unspecified atom stereocenters. The minimum Gasteiger partial charge on any atom is -0.480 e. The normalized spacial score (nSPS) is 18.9. The maximum absolute atomic E-state index is 10.7. The lowest BCUT2D eigenvalue weighted by atomic mass is 9.89. The summed E-state index contributed by atoms with van der Waals surface area (Å²) in [4.78, 5) is 15.1. The fourth-order valence-corrected chi connectivity index (χ4v) is 2.80. The number of carbonyl (C=O) groups is 1. The van der Waals surface area contributed by atoms with Crippen LogP contribution in [0, 0.1) is 0 Å². The van der Waals surface area contributed by atoms with Gasteiger partial charge in [-0.05, 0) is 19.8 Å². The Morgan fingerprint density at radius 1 is 1.47 bits per heavy atom. The van der Waals surface area contributed by atoms with Crippen LogP contribution in [-0.2, 0) is 4.79 Å². The van der Waals surface area contributed by atoms with Gasteiger partial charge >= 0.3 is 5.97 Å². The summed E-state index contributed by atoms with van der Waals surface area (Å²) in [6, 6.07) is -0.623. The van der Waals surface area contributed by atoms with Crippen LogP contribution in [0.4, 0.5) is 5.13 Å². The highest BCUT2D eigenvalue weighted by molar-refractivity contribution is 7.09. The minimum atomic E-state index is -0.876. The maximum atomic E-state index is 10.7. The summed E-state index contributed by atoms with van der Waals surface area (Å²) in [6.07, 6.45) is 6.12. The molecule has 1 saturated carbocycles. The zero-order valence-corrected chi connectivity index (χ0v) is 10.7. The monoisotopic (exact) mass is 255 g/mol. The number of anilines is 1. The summed E-state index contributed by atoms with van der Waals surface area (Å²) in [5, 5.41) is 12.3. The van der Waals surface area contributed by atoms with Gasteiger partial charge in [-0.15, -0.1) is 0 Å². The number of aliphatic carboxylic acids is 1. The third kappa shape index (κ3) is 3.15. The number of carboxylic acids is 1. The van der Waals surface area contributed by atoms with Crippen molar-refractivity contribution in [2.24, 2.45) is 0 Å². The Hall–Kier alpha value is -1.17. The Morgan fingerprint density at radius 2 is 2.18 bits per heavy atom. The van der Waals surface area contributed by atoms with Crippen LogP contribution in [0.3, 0.4) is 0 Å². The molecule has 1 aromatic heterocycles. The Balaban J connectivity index is 1.97. The fraction of sp³-hybridized carbons (Fsp3) is 0.727. The van der Waals surface area contributed by atoms with Crippen molar-refractivity contribution in [3.05, 3.63) is 5.82 Å². The predicted octanol–water partition coefficient (Wildman–Crippen LogP) is 2.47. The van der Waals surface area contributed by atoms with E-state index in [4.69, 9.17) is 5.11 Å². The standard InChI is InChI=1S/C11H17N3O2S/c1-7(10(15)16)12-11-13-9(14-17-11)8-5-3-2-4-6-8/h7-8H,2-6H2,1H3,(H,15,16)(H,12,13,14)/t7-/m1/s1. The number of aromatic nitrogens is 2. The van der Waals surface area contributed by atoms with Crippen molar-refractivity contribution >= 4 is 22.6 Å². The van der Waals surface area contributed by atoms with Gasteiger partial charge in [-0.2, -0.15) is 4.37 Å². The molecule has 6 heteroatoms. The van der Waals surface area contributed by atoms with Crippen molar-refractivity contribution < 1.29 is 9.90 Å². The second-order valence-electron chi connectivity index (χ2n) is 4.50. The van der Waals surface area contributed by atoms with E-state index >= 15 is 0 Å². The van der Waals surface area contributed by atoms with Gasteiger partial charge in [0.2, 0.25) is 5.13 Å². The second kappa shape index (κ2) is 5.44. The Kier molecular flexibility index (Phi) is 3.93. The van der Waals surface area contributed by atoms with Gasteiger partial charge in [0, 0.05) is 17.5 Å². The second-order valence-corrected chi connectivity index (χ2v) is 5.25. The molecule has 1 aliphatic rings. The van der Waals surface area contributed by atoms with Gasteiger partial charge in [0.15, 0.2) is 0 Å². The topological polar surface area (TPSA) is 75.1 Å². The third-order valence-corrected chi connectivity index (χ3v) is 3.78. The van der Waals surface area contributed by atoms with Gasteiger partial charge in [-0.1, -0.05) is 19.3 Å². The Labute approximate surface area is 104 Å². The number of carboxylic acid groups (broad SMARTS) is 1. The highest BCUT2D eigenvalue weighted by Crippen LogP contribution is 2.32. The molecule has 2 N–H and O–H groups in total. The van der Waals surface area contributed by atoms with Gasteiger partial charge in [0.1, 0.15) is 11.9 Å². The van der Waals surface area contributed by atoms with E-state index in [-0.39, 0.29) is 0 Å². The summed E-state index contributed by atoms with van der Waals surface area (Å²) in [6.45, 7) is 1.60. The minimum absolute atomic E-state index is 0.468.